The van der Waals surface area contributed by atoms with Crippen LogP contribution in [0.2, 0.25) is 39.3 Å². The molecule has 0 aliphatic heterocycles. The number of nitrogens with zero attached hydrogens (tertiary/aromatic N) is 2. The van der Waals surface area contributed by atoms with Crippen molar-refractivity contribution >= 4 is 134 Å². The fourth-order valence-corrected chi connectivity index (χ4v) is 13.0. The van der Waals surface area contributed by atoms with Crippen LogP contribution in [-0.2, 0) is 0 Å². The predicted octanol–water partition coefficient (Wildman–Crippen LogP) is 15.6. The van der Waals surface area contributed by atoms with Gasteiger partial charge < -0.3 is 9.80 Å². The van der Waals surface area contributed by atoms with Crippen LogP contribution >= 0.6 is 22.7 Å². The molecule has 0 atom stereocenters. The van der Waals surface area contributed by atoms with E-state index in [0.717, 1.165) is 11.4 Å². The van der Waals surface area contributed by atoms with Crippen LogP contribution in [-0.4, -0.2) is 16.1 Å². The van der Waals surface area contributed by atoms with Gasteiger partial charge >= 0.3 is 0 Å². The Morgan fingerprint density at radius 2 is 0.638 bits per heavy atom. The first kappa shape index (κ1) is 36.8. The third kappa shape index (κ3) is 6.64. The number of rotatable bonds is 8. The Morgan fingerprint density at radius 1 is 0.310 bits per heavy atom. The van der Waals surface area contributed by atoms with Crippen molar-refractivity contribution in [3.63, 3.8) is 0 Å². The number of anilines is 6. The molecule has 58 heavy (non-hydrogen) atoms. The van der Waals surface area contributed by atoms with Gasteiger partial charge in [0.2, 0.25) is 0 Å². The molecule has 284 valence electrons. The molecule has 2 nitrogen and oxygen atoms in total. The van der Waals surface area contributed by atoms with Crippen LogP contribution in [0, 0.1) is 0 Å². The molecule has 10 rings (SSSR count). The molecule has 2 aromatic heterocycles. The minimum Gasteiger partial charge on any atom is -0.310 e. The zero-order valence-corrected chi connectivity index (χ0v) is 37.5. The van der Waals surface area contributed by atoms with Gasteiger partial charge in [-0.05, 0) is 108 Å². The Balaban J connectivity index is 1.04. The largest absolute Gasteiger partial charge is 0.310 e. The molecule has 0 N–H and O–H groups in total. The molecule has 0 aliphatic carbocycles. The van der Waals surface area contributed by atoms with Gasteiger partial charge in [-0.3, -0.25) is 0 Å². The average Bonchev–Trinajstić information content (AvgIpc) is 3.76. The molecule has 0 amide bonds. The number of thiophene rings is 2. The maximum absolute atomic E-state index is 2.42. The van der Waals surface area contributed by atoms with Crippen molar-refractivity contribution in [2.75, 3.05) is 9.80 Å². The van der Waals surface area contributed by atoms with E-state index >= 15 is 0 Å². The number of para-hydroxylation sites is 2. The fourth-order valence-electron chi connectivity index (χ4n) is 8.32. The van der Waals surface area contributed by atoms with E-state index in [4.69, 9.17) is 0 Å². The lowest BCUT2D eigenvalue weighted by Gasteiger charge is -2.26. The van der Waals surface area contributed by atoms with Gasteiger partial charge in [-0.15, -0.1) is 22.7 Å². The standard InChI is InChI=1S/C52H46N2S2Si2/c1-57(2,3)43-23-17-39(18-24-43)53(37-13-9-7-10-14-37)41-21-27-45-47-29-35-30-48-46-28-22-42(34-52(46)56-50(48)32-36(35)31-49(47)55-51(45)33-41)54(38-15-11-8-12-16-38)40-19-25-44(26-20-40)58(4,5)6/h7-34H,1-6H3. The molecular formula is C52H46N2S2Si2. The Morgan fingerprint density at radius 3 is 1.02 bits per heavy atom. The first-order chi connectivity index (χ1) is 28.0. The summed E-state index contributed by atoms with van der Waals surface area (Å²) in [7, 11) is -2.81. The van der Waals surface area contributed by atoms with Crippen LogP contribution in [0.25, 0.3) is 51.1 Å². The third-order valence-electron chi connectivity index (χ3n) is 11.5. The number of fused-ring (bicyclic) bond motifs is 7. The van der Waals surface area contributed by atoms with Crippen molar-refractivity contribution in [3.8, 4) is 0 Å². The van der Waals surface area contributed by atoms with Crippen molar-refractivity contribution in [2.45, 2.75) is 39.3 Å². The number of hydrogen-bond donors (Lipinski definition) is 0. The Labute approximate surface area is 351 Å². The van der Waals surface area contributed by atoms with Crippen LogP contribution in [0.3, 0.4) is 0 Å². The molecule has 2 heterocycles. The zero-order chi connectivity index (χ0) is 39.8. The molecule has 8 aromatic carbocycles. The summed E-state index contributed by atoms with van der Waals surface area (Å²) in [6.07, 6.45) is 0. The smallest absolute Gasteiger partial charge is 0.0775 e. The Hall–Kier alpha value is -5.51. The van der Waals surface area contributed by atoms with E-state index in [1.165, 1.54) is 84.2 Å². The van der Waals surface area contributed by atoms with Gasteiger partial charge in [-0.2, -0.15) is 0 Å². The summed E-state index contributed by atoms with van der Waals surface area (Å²) in [5.41, 5.74) is 7.05. The Kier molecular flexibility index (Phi) is 8.95. The topological polar surface area (TPSA) is 6.48 Å². The van der Waals surface area contributed by atoms with Crippen LogP contribution in [0.4, 0.5) is 34.1 Å². The van der Waals surface area contributed by atoms with Crippen LogP contribution in [0.5, 0.6) is 0 Å². The number of hydrogen-bond acceptors (Lipinski definition) is 4. The Bertz CT molecular complexity index is 2910. The summed E-state index contributed by atoms with van der Waals surface area (Å²) in [6.45, 7) is 14.5. The molecule has 0 saturated heterocycles. The van der Waals surface area contributed by atoms with E-state index in [0.29, 0.717) is 0 Å². The monoisotopic (exact) mass is 818 g/mol. The van der Waals surface area contributed by atoms with Gasteiger partial charge in [0.15, 0.2) is 0 Å². The van der Waals surface area contributed by atoms with E-state index in [1.54, 1.807) is 0 Å². The van der Waals surface area contributed by atoms with Crippen LogP contribution in [0.15, 0.2) is 170 Å². The second-order valence-corrected chi connectivity index (χ2v) is 29.9. The summed E-state index contributed by atoms with van der Waals surface area (Å²) in [6, 6.07) is 63.7. The molecule has 0 fully saturated rings. The zero-order valence-electron chi connectivity index (χ0n) is 33.9. The molecule has 0 spiro atoms. The fraction of sp³-hybridized carbons (Fsp3) is 0.115. The van der Waals surface area contributed by atoms with E-state index in [2.05, 4.69) is 219 Å². The molecule has 0 bridgehead atoms. The van der Waals surface area contributed by atoms with Gasteiger partial charge in [-0.1, -0.05) is 122 Å². The second-order valence-electron chi connectivity index (χ2n) is 17.5. The first-order valence-corrected chi connectivity index (χ1v) is 28.8. The van der Waals surface area contributed by atoms with Gasteiger partial charge in [0.05, 0.1) is 16.1 Å². The molecule has 0 radical (unpaired) electrons. The highest BCUT2D eigenvalue weighted by molar-refractivity contribution is 7.26. The predicted molar refractivity (Wildman–Crippen MR) is 265 cm³/mol. The molecule has 0 unspecified atom stereocenters. The average molecular weight is 819 g/mol. The van der Waals surface area contributed by atoms with Crippen molar-refractivity contribution in [3.05, 3.63) is 170 Å². The summed E-state index contributed by atoms with van der Waals surface area (Å²) in [5, 5.41) is 10.8. The van der Waals surface area contributed by atoms with Crippen LogP contribution < -0.4 is 20.2 Å². The summed E-state index contributed by atoms with van der Waals surface area (Å²) in [5.74, 6) is 0. The van der Waals surface area contributed by atoms with Crippen molar-refractivity contribution in [2.24, 2.45) is 0 Å². The lowest BCUT2D eigenvalue weighted by molar-refractivity contribution is 1.29. The van der Waals surface area contributed by atoms with Gasteiger partial charge in [0.25, 0.3) is 0 Å². The number of benzene rings is 8. The third-order valence-corrected chi connectivity index (χ3v) is 17.9. The molecule has 0 aliphatic rings. The summed E-state index contributed by atoms with van der Waals surface area (Å²) < 4.78 is 5.26. The molecule has 10 aromatic rings. The van der Waals surface area contributed by atoms with E-state index in [-0.39, 0.29) is 0 Å². The quantitative estimate of drug-likeness (QED) is 0.141. The maximum atomic E-state index is 2.42. The van der Waals surface area contributed by atoms with Crippen molar-refractivity contribution in [1.29, 1.82) is 0 Å². The van der Waals surface area contributed by atoms with E-state index < -0.39 is 16.1 Å². The van der Waals surface area contributed by atoms with Crippen LogP contribution in [0.1, 0.15) is 0 Å². The maximum Gasteiger partial charge on any atom is 0.0775 e. The van der Waals surface area contributed by atoms with Crippen molar-refractivity contribution in [1.82, 2.24) is 0 Å². The minimum absolute atomic E-state index is 1.16. The highest BCUT2D eigenvalue weighted by atomic mass is 32.1. The normalized spacial score (nSPS) is 12.3. The SMILES string of the molecule is C[Si](C)(C)c1ccc(N(c2ccccc2)c2ccc3c(c2)sc2cc4cc5sc6cc(N(c7ccccc7)c7ccc([Si](C)(C)C)cc7)ccc6c5cc4cc23)cc1. The minimum atomic E-state index is -1.40. The second kappa shape index (κ2) is 14.1. The van der Waals surface area contributed by atoms with Crippen molar-refractivity contribution < 1.29 is 0 Å². The lowest BCUT2D eigenvalue weighted by Crippen LogP contribution is -2.37. The highest BCUT2D eigenvalue weighted by Gasteiger charge is 2.21. The summed E-state index contributed by atoms with van der Waals surface area (Å²) in [4.78, 5) is 4.78. The summed E-state index contributed by atoms with van der Waals surface area (Å²) >= 11 is 3.79. The first-order valence-electron chi connectivity index (χ1n) is 20.2. The molecule has 6 heteroatoms. The molecular weight excluding hydrogens is 773 g/mol. The van der Waals surface area contributed by atoms with Gasteiger partial charge in [0.1, 0.15) is 0 Å². The van der Waals surface area contributed by atoms with Gasteiger partial charge in [-0.25, -0.2) is 0 Å². The lowest BCUT2D eigenvalue weighted by atomic mass is 10.0. The van der Waals surface area contributed by atoms with Gasteiger partial charge in [0, 0.05) is 74.5 Å². The van der Waals surface area contributed by atoms with E-state index in [1.807, 2.05) is 22.7 Å². The highest BCUT2D eigenvalue weighted by Crippen LogP contribution is 2.45. The molecule has 0 saturated carbocycles. The van der Waals surface area contributed by atoms with E-state index in [9.17, 15) is 0 Å².